The molecular weight excluding hydrogens is 890 g/mol. The molecule has 58 heavy (non-hydrogen) atoms. The zero-order valence-electron chi connectivity index (χ0n) is 34.7. The maximum atomic E-state index is 11.1. The molecule has 0 aliphatic rings. The maximum Gasteiger partial charge on any atom is 0.136 e. The molecule has 0 unspecified atom stereocenters. The van der Waals surface area contributed by atoms with Crippen LogP contribution >= 0.6 is 0 Å². The van der Waals surface area contributed by atoms with Gasteiger partial charge in [0.1, 0.15) is 11.6 Å². The molecular formula is C53H54N3OPt-. The third-order valence-corrected chi connectivity index (χ3v) is 11.6. The first kappa shape index (κ1) is 42.3. The quantitative estimate of drug-likeness (QED) is 0.117. The van der Waals surface area contributed by atoms with Gasteiger partial charge in [0.05, 0.1) is 11.4 Å². The van der Waals surface area contributed by atoms with Crippen LogP contribution in [0.5, 0.6) is 5.75 Å². The molecule has 0 aliphatic carbocycles. The van der Waals surface area contributed by atoms with Crippen LogP contribution in [0.4, 0.5) is 17.2 Å². The monoisotopic (exact) mass is 943 g/mol. The second-order valence-corrected chi connectivity index (χ2v) is 16.1. The molecule has 1 N–H and O–H groups in total. The summed E-state index contributed by atoms with van der Waals surface area (Å²) in [5.74, 6) is 1.57. The Morgan fingerprint density at radius 3 is 1.90 bits per heavy atom. The summed E-state index contributed by atoms with van der Waals surface area (Å²) in [4.78, 5) is 12.6. The minimum Gasteiger partial charge on any atom is -0.507 e. The Bertz CT molecular complexity index is 2410. The summed E-state index contributed by atoms with van der Waals surface area (Å²) in [5.41, 5.74) is 13.5. The summed E-state index contributed by atoms with van der Waals surface area (Å²) in [6.45, 7) is 15.9. The number of anilines is 3. The van der Waals surface area contributed by atoms with E-state index >= 15 is 0 Å². The molecule has 0 fully saturated rings. The van der Waals surface area contributed by atoms with Gasteiger partial charge in [0.2, 0.25) is 0 Å². The van der Waals surface area contributed by atoms with E-state index in [2.05, 4.69) is 169 Å². The van der Waals surface area contributed by atoms with E-state index < -0.39 is 0 Å². The molecule has 7 rings (SSSR count). The van der Waals surface area contributed by atoms with E-state index in [0.717, 1.165) is 64.5 Å². The Balaban J connectivity index is 0.00000567. The predicted molar refractivity (Wildman–Crippen MR) is 239 cm³/mol. The molecule has 0 radical (unpaired) electrons. The van der Waals surface area contributed by atoms with Crippen LogP contribution in [-0.2, 0) is 32.9 Å². The molecule has 5 heteroatoms. The molecule has 0 spiro atoms. The minimum atomic E-state index is -0.0891. The van der Waals surface area contributed by atoms with Crippen molar-refractivity contribution in [3.05, 3.63) is 180 Å². The van der Waals surface area contributed by atoms with E-state index in [1.807, 2.05) is 30.5 Å². The first-order valence-corrected chi connectivity index (χ1v) is 20.4. The van der Waals surface area contributed by atoms with E-state index in [-0.39, 0.29) is 44.1 Å². The Kier molecular flexibility index (Phi) is 13.5. The second kappa shape index (κ2) is 18.5. The summed E-state index contributed by atoms with van der Waals surface area (Å²) in [6.07, 6.45) is 4.67. The molecule has 0 amide bonds. The van der Waals surface area contributed by atoms with Gasteiger partial charge in [-0.2, -0.15) is 0 Å². The maximum absolute atomic E-state index is 11.1. The van der Waals surface area contributed by atoms with Gasteiger partial charge in [-0.3, -0.25) is 4.98 Å². The molecule has 7 aromatic rings. The number of para-hydroxylation sites is 2. The van der Waals surface area contributed by atoms with Gasteiger partial charge < -0.3 is 10.0 Å². The first-order chi connectivity index (χ1) is 27.6. The van der Waals surface area contributed by atoms with Crippen LogP contribution in [0.2, 0.25) is 0 Å². The molecule has 0 saturated carbocycles. The largest absolute Gasteiger partial charge is 0.507 e. The molecule has 298 valence electrons. The SMILES string of the molecule is CCC(C)(CC)c1cc(-c2[c-]c(N(c3ccccn3)c3c(C(C)C)cccc3C(C)C)cc(-c3ccc(Cc4ccccc4)cc3)c2)nc(-c2ccccc2O)c1.[Pt]. The molecule has 0 aliphatic heterocycles. The summed E-state index contributed by atoms with van der Waals surface area (Å²) < 4.78 is 0. The van der Waals surface area contributed by atoms with Gasteiger partial charge in [-0.1, -0.05) is 151 Å². The van der Waals surface area contributed by atoms with Crippen molar-refractivity contribution in [1.82, 2.24) is 9.97 Å². The number of aromatic nitrogens is 2. The zero-order chi connectivity index (χ0) is 40.1. The smallest absolute Gasteiger partial charge is 0.136 e. The van der Waals surface area contributed by atoms with Crippen LogP contribution in [0.25, 0.3) is 33.6 Å². The molecule has 2 aromatic heterocycles. The molecule has 5 aromatic carbocycles. The molecule has 0 saturated heterocycles. The summed E-state index contributed by atoms with van der Waals surface area (Å²) in [5, 5.41) is 11.1. The number of benzene rings is 5. The van der Waals surface area contributed by atoms with Crippen molar-refractivity contribution in [3.63, 3.8) is 0 Å². The number of nitrogens with zero attached hydrogens (tertiary/aromatic N) is 3. The minimum absolute atomic E-state index is 0. The third kappa shape index (κ3) is 9.04. The van der Waals surface area contributed by atoms with E-state index in [4.69, 9.17) is 9.97 Å². The van der Waals surface area contributed by atoms with Crippen LogP contribution < -0.4 is 4.90 Å². The number of phenols is 1. The van der Waals surface area contributed by atoms with Gasteiger partial charge >= 0.3 is 0 Å². The van der Waals surface area contributed by atoms with Gasteiger partial charge in [-0.05, 0) is 112 Å². The summed E-state index contributed by atoms with van der Waals surface area (Å²) >= 11 is 0. The third-order valence-electron chi connectivity index (χ3n) is 11.6. The molecule has 0 atom stereocenters. The van der Waals surface area contributed by atoms with Crippen molar-refractivity contribution in [1.29, 1.82) is 0 Å². The molecule has 4 nitrogen and oxygen atoms in total. The van der Waals surface area contributed by atoms with Crippen molar-refractivity contribution in [2.45, 2.75) is 85.0 Å². The fraction of sp³-hybridized carbons (Fsp3) is 0.245. The molecule has 0 bridgehead atoms. The Morgan fingerprint density at radius 1 is 0.655 bits per heavy atom. The van der Waals surface area contributed by atoms with Crippen molar-refractivity contribution in [2.24, 2.45) is 0 Å². The van der Waals surface area contributed by atoms with Crippen LogP contribution in [-0.4, -0.2) is 15.1 Å². The fourth-order valence-corrected chi connectivity index (χ4v) is 7.74. The zero-order valence-corrected chi connectivity index (χ0v) is 37.0. The van der Waals surface area contributed by atoms with Gasteiger partial charge in [-0.15, -0.1) is 23.8 Å². The van der Waals surface area contributed by atoms with Gasteiger partial charge in [0, 0.05) is 32.8 Å². The van der Waals surface area contributed by atoms with Gasteiger partial charge in [-0.25, -0.2) is 4.98 Å². The Morgan fingerprint density at radius 2 is 1.28 bits per heavy atom. The number of phenolic OH excluding ortho intramolecular Hbond substituents is 1. The standard InChI is InChI=1S/C53H54N3O.Pt/c1-8-53(7,9-2)43-34-48(55-49(35-43)47-20-13-14-23-50(47)57)42-31-41(40-27-25-39(26-28-40)30-38-18-11-10-12-19-38)32-44(33-42)56(51-24-15-16-29-54-51)52-45(36(3)4)21-17-22-46(52)37(5)6;/h10-29,31-32,34-37,57H,8-9,30H2,1-7H3;/q-1;. The topological polar surface area (TPSA) is 49.2 Å². The van der Waals surface area contributed by atoms with Crippen LogP contribution in [0.3, 0.4) is 0 Å². The Hall–Kier alpha value is -5.31. The number of rotatable bonds is 13. The van der Waals surface area contributed by atoms with Crippen molar-refractivity contribution in [3.8, 4) is 39.4 Å². The average Bonchev–Trinajstić information content (AvgIpc) is 3.24. The van der Waals surface area contributed by atoms with Crippen molar-refractivity contribution < 1.29 is 26.2 Å². The number of hydrogen-bond donors (Lipinski definition) is 1. The van der Waals surface area contributed by atoms with Gasteiger partial charge in [0.15, 0.2) is 0 Å². The average molecular weight is 944 g/mol. The van der Waals surface area contributed by atoms with Crippen LogP contribution in [0.15, 0.2) is 146 Å². The van der Waals surface area contributed by atoms with E-state index in [1.165, 1.54) is 27.8 Å². The second-order valence-electron chi connectivity index (χ2n) is 16.1. The predicted octanol–water partition coefficient (Wildman–Crippen LogP) is 14.4. The number of aromatic hydroxyl groups is 1. The Labute approximate surface area is 360 Å². The number of pyridine rings is 2. The normalized spacial score (nSPS) is 11.5. The van der Waals surface area contributed by atoms with E-state index in [1.54, 1.807) is 6.07 Å². The summed E-state index contributed by atoms with van der Waals surface area (Å²) in [6, 6.07) is 52.6. The van der Waals surface area contributed by atoms with Crippen LogP contribution in [0, 0.1) is 6.07 Å². The molecule has 2 heterocycles. The van der Waals surface area contributed by atoms with E-state index in [9.17, 15) is 5.11 Å². The van der Waals surface area contributed by atoms with E-state index in [0.29, 0.717) is 5.56 Å². The van der Waals surface area contributed by atoms with Crippen LogP contribution in [0.1, 0.15) is 101 Å². The first-order valence-electron chi connectivity index (χ1n) is 20.4. The van der Waals surface area contributed by atoms with Crippen molar-refractivity contribution in [2.75, 3.05) is 4.90 Å². The van der Waals surface area contributed by atoms with Crippen molar-refractivity contribution >= 4 is 17.2 Å². The van der Waals surface area contributed by atoms with Gasteiger partial charge in [0.25, 0.3) is 0 Å². The summed E-state index contributed by atoms with van der Waals surface area (Å²) in [7, 11) is 0. The fourth-order valence-electron chi connectivity index (χ4n) is 7.74. The number of hydrogen-bond acceptors (Lipinski definition) is 4.